The Morgan fingerprint density at radius 1 is 1.38 bits per heavy atom. The number of hydrogen-bond acceptors (Lipinski definition) is 5. The second kappa shape index (κ2) is 6.22. The van der Waals surface area contributed by atoms with Crippen LogP contribution in [0.1, 0.15) is 48.7 Å². The molecule has 1 aliphatic rings. The van der Waals surface area contributed by atoms with Crippen LogP contribution in [-0.4, -0.2) is 38.8 Å². The minimum atomic E-state index is -0.911. The average Bonchev–Trinajstić information content (AvgIpc) is 3.14. The van der Waals surface area contributed by atoms with Gasteiger partial charge in [0.1, 0.15) is 5.54 Å². The number of amides is 1. The van der Waals surface area contributed by atoms with Crippen LogP contribution < -0.4 is 5.32 Å². The summed E-state index contributed by atoms with van der Waals surface area (Å²) in [5.41, 5.74) is 1.06. The van der Waals surface area contributed by atoms with Gasteiger partial charge in [-0.25, -0.2) is 9.78 Å². The fourth-order valence-corrected chi connectivity index (χ4v) is 3.35. The Hall–Kier alpha value is -2.44. The predicted molar refractivity (Wildman–Crippen MR) is 88.5 cm³/mol. The predicted octanol–water partition coefficient (Wildman–Crippen LogP) is 1.88. The molecule has 0 bridgehead atoms. The van der Waals surface area contributed by atoms with Crippen LogP contribution >= 0.6 is 0 Å². The molecule has 0 atom stereocenters. The van der Waals surface area contributed by atoms with Gasteiger partial charge in [-0.05, 0) is 32.8 Å². The summed E-state index contributed by atoms with van der Waals surface area (Å²) in [7, 11) is 1.82. The number of rotatable bonds is 4. The molecule has 0 aromatic carbocycles. The number of carbonyl (C=O) groups excluding carboxylic acids is 2. The summed E-state index contributed by atoms with van der Waals surface area (Å²) in [5, 5.41) is 8.05. The van der Waals surface area contributed by atoms with Crippen LogP contribution in [0.15, 0.2) is 12.3 Å². The van der Waals surface area contributed by atoms with Gasteiger partial charge < -0.3 is 10.1 Å². The zero-order valence-corrected chi connectivity index (χ0v) is 14.3. The molecule has 128 valence electrons. The summed E-state index contributed by atoms with van der Waals surface area (Å²) in [4.78, 5) is 29.4. The molecule has 1 N–H and O–H groups in total. The van der Waals surface area contributed by atoms with Crippen LogP contribution in [0.25, 0.3) is 11.0 Å². The second-order valence-electron chi connectivity index (χ2n) is 6.27. The summed E-state index contributed by atoms with van der Waals surface area (Å²) in [5.74, 6) is -0.648. The first-order chi connectivity index (χ1) is 11.5. The van der Waals surface area contributed by atoms with Gasteiger partial charge in [0.15, 0.2) is 5.65 Å². The molecule has 0 saturated heterocycles. The van der Waals surface area contributed by atoms with Gasteiger partial charge >= 0.3 is 5.97 Å². The maximum atomic E-state index is 12.7. The highest BCUT2D eigenvalue weighted by Gasteiger charge is 2.44. The largest absolute Gasteiger partial charge is 0.464 e. The summed E-state index contributed by atoms with van der Waals surface area (Å²) in [6.45, 7) is 3.95. The lowest BCUT2D eigenvalue weighted by Crippen LogP contribution is -2.53. The number of hydrogen-bond donors (Lipinski definition) is 1. The fraction of sp³-hybridized carbons (Fsp3) is 0.529. The van der Waals surface area contributed by atoms with Crippen molar-refractivity contribution in [3.63, 3.8) is 0 Å². The first kappa shape index (κ1) is 16.4. The maximum absolute atomic E-state index is 12.7. The van der Waals surface area contributed by atoms with E-state index in [9.17, 15) is 9.59 Å². The highest BCUT2D eigenvalue weighted by molar-refractivity contribution is 6.00. The van der Waals surface area contributed by atoms with E-state index in [4.69, 9.17) is 4.74 Å². The SMILES string of the molecule is CCOC(=O)C1(NC(=O)c2cnc3c(c2)c(C)nn3C)CCCC1. The van der Waals surface area contributed by atoms with Gasteiger partial charge in [-0.15, -0.1) is 0 Å². The van der Waals surface area contributed by atoms with Crippen molar-refractivity contribution in [1.29, 1.82) is 0 Å². The average molecular weight is 330 g/mol. The quantitative estimate of drug-likeness (QED) is 0.865. The van der Waals surface area contributed by atoms with Crippen LogP contribution in [0.4, 0.5) is 0 Å². The summed E-state index contributed by atoms with van der Waals surface area (Å²) in [6, 6.07) is 1.77. The van der Waals surface area contributed by atoms with Crippen LogP contribution in [0.5, 0.6) is 0 Å². The highest BCUT2D eigenvalue weighted by atomic mass is 16.5. The monoisotopic (exact) mass is 330 g/mol. The van der Waals surface area contributed by atoms with Gasteiger partial charge in [0, 0.05) is 18.6 Å². The molecule has 0 unspecified atom stereocenters. The van der Waals surface area contributed by atoms with Crippen molar-refractivity contribution in [1.82, 2.24) is 20.1 Å². The topological polar surface area (TPSA) is 86.1 Å². The lowest BCUT2D eigenvalue weighted by atomic mass is 9.97. The highest BCUT2D eigenvalue weighted by Crippen LogP contribution is 2.31. The van der Waals surface area contributed by atoms with Crippen molar-refractivity contribution in [3.05, 3.63) is 23.5 Å². The smallest absolute Gasteiger partial charge is 0.331 e. The van der Waals surface area contributed by atoms with Gasteiger partial charge in [0.05, 0.1) is 17.9 Å². The number of aryl methyl sites for hydroxylation is 2. The lowest BCUT2D eigenvalue weighted by Gasteiger charge is -2.27. The Kier molecular flexibility index (Phi) is 4.26. The summed E-state index contributed by atoms with van der Waals surface area (Å²) in [6.07, 6.45) is 4.54. The molecule has 7 heteroatoms. The van der Waals surface area contributed by atoms with Gasteiger partial charge in [0.2, 0.25) is 0 Å². The second-order valence-corrected chi connectivity index (χ2v) is 6.27. The number of pyridine rings is 1. The number of aromatic nitrogens is 3. The molecular weight excluding hydrogens is 308 g/mol. The molecule has 1 fully saturated rings. The van der Waals surface area contributed by atoms with Gasteiger partial charge in [-0.1, -0.05) is 12.8 Å². The number of fused-ring (bicyclic) bond motifs is 1. The van der Waals surface area contributed by atoms with E-state index in [1.807, 2.05) is 14.0 Å². The molecule has 7 nitrogen and oxygen atoms in total. The Labute approximate surface area is 140 Å². The Balaban J connectivity index is 1.88. The van der Waals surface area contributed by atoms with Crippen molar-refractivity contribution in [2.24, 2.45) is 7.05 Å². The molecule has 1 aliphatic carbocycles. The Bertz CT molecular complexity index is 790. The zero-order valence-electron chi connectivity index (χ0n) is 14.3. The first-order valence-corrected chi connectivity index (χ1v) is 8.26. The maximum Gasteiger partial charge on any atom is 0.331 e. The third-order valence-electron chi connectivity index (χ3n) is 4.60. The minimum Gasteiger partial charge on any atom is -0.464 e. The molecule has 24 heavy (non-hydrogen) atoms. The molecule has 2 aromatic rings. The van der Waals surface area contributed by atoms with Gasteiger partial charge in [-0.2, -0.15) is 5.10 Å². The molecule has 1 saturated carbocycles. The van der Waals surface area contributed by atoms with E-state index in [2.05, 4.69) is 15.4 Å². The normalized spacial score (nSPS) is 16.3. The van der Waals surface area contributed by atoms with Gasteiger partial charge in [-0.3, -0.25) is 9.48 Å². The van der Waals surface area contributed by atoms with Crippen molar-refractivity contribution in [3.8, 4) is 0 Å². The molecule has 0 spiro atoms. The molecule has 2 heterocycles. The van der Waals surface area contributed by atoms with E-state index >= 15 is 0 Å². The molecule has 3 rings (SSSR count). The molecule has 0 radical (unpaired) electrons. The third kappa shape index (κ3) is 2.74. The van der Waals surface area contributed by atoms with E-state index < -0.39 is 5.54 Å². The van der Waals surface area contributed by atoms with E-state index in [0.29, 0.717) is 25.0 Å². The van der Waals surface area contributed by atoms with E-state index in [0.717, 1.165) is 29.6 Å². The molecule has 1 amide bonds. The number of carbonyl (C=O) groups is 2. The third-order valence-corrected chi connectivity index (χ3v) is 4.60. The first-order valence-electron chi connectivity index (χ1n) is 8.26. The molecular formula is C17H22N4O3. The van der Waals surface area contributed by atoms with Crippen LogP contribution in [0, 0.1) is 6.92 Å². The van der Waals surface area contributed by atoms with Crippen LogP contribution in [0.2, 0.25) is 0 Å². The van der Waals surface area contributed by atoms with Crippen molar-refractivity contribution >= 4 is 22.9 Å². The van der Waals surface area contributed by atoms with E-state index in [-0.39, 0.29) is 11.9 Å². The number of nitrogens with one attached hydrogen (secondary N) is 1. The Morgan fingerprint density at radius 3 is 2.75 bits per heavy atom. The number of nitrogens with zero attached hydrogens (tertiary/aromatic N) is 3. The molecule has 0 aliphatic heterocycles. The standard InChI is InChI=1S/C17H22N4O3/c1-4-24-16(23)17(7-5-6-8-17)19-15(22)12-9-13-11(2)20-21(3)14(13)18-10-12/h9-10H,4-8H2,1-3H3,(H,19,22). The van der Waals surface area contributed by atoms with Crippen molar-refractivity contribution in [2.75, 3.05) is 6.61 Å². The number of ether oxygens (including phenoxy) is 1. The minimum absolute atomic E-state index is 0.303. The zero-order chi connectivity index (χ0) is 17.3. The Morgan fingerprint density at radius 2 is 2.08 bits per heavy atom. The number of esters is 1. The fourth-order valence-electron chi connectivity index (χ4n) is 3.35. The van der Waals surface area contributed by atoms with Gasteiger partial charge in [0.25, 0.3) is 5.91 Å². The van der Waals surface area contributed by atoms with Crippen molar-refractivity contribution < 1.29 is 14.3 Å². The summed E-state index contributed by atoms with van der Waals surface area (Å²) < 4.78 is 6.86. The van der Waals surface area contributed by atoms with E-state index in [1.54, 1.807) is 17.7 Å². The van der Waals surface area contributed by atoms with E-state index in [1.165, 1.54) is 6.20 Å². The molecule has 2 aromatic heterocycles. The van der Waals surface area contributed by atoms with Crippen LogP contribution in [0.3, 0.4) is 0 Å². The van der Waals surface area contributed by atoms with Crippen LogP contribution in [-0.2, 0) is 16.6 Å². The lowest BCUT2D eigenvalue weighted by molar-refractivity contribution is -0.150. The van der Waals surface area contributed by atoms with Crippen molar-refractivity contribution in [2.45, 2.75) is 45.1 Å². The summed E-state index contributed by atoms with van der Waals surface area (Å²) >= 11 is 0.